The average Bonchev–Trinajstić information content (AvgIpc) is 2.17. The van der Waals surface area contributed by atoms with E-state index in [0.717, 1.165) is 11.1 Å². The second-order valence-electron chi connectivity index (χ2n) is 3.04. The molecule has 0 aliphatic carbocycles. The van der Waals surface area contributed by atoms with Gasteiger partial charge in [-0.15, -0.1) is 0 Å². The first-order valence-electron chi connectivity index (χ1n) is 4.41. The van der Waals surface area contributed by atoms with Crippen LogP contribution in [0.1, 0.15) is 12.5 Å². The maximum Gasteiger partial charge on any atom is 0.469 e. The summed E-state index contributed by atoms with van der Waals surface area (Å²) in [7, 11) is -4.36. The van der Waals surface area contributed by atoms with E-state index in [2.05, 4.69) is 4.52 Å². The molecule has 0 saturated heterocycles. The number of phosphoric ester groups is 1. The molecule has 1 aromatic rings. The predicted molar refractivity (Wildman–Crippen MR) is 58.1 cm³/mol. The molecular weight excluding hydrogens is 215 g/mol. The Hall–Kier alpha value is -0.930. The Labute approximate surface area is 88.5 Å². The third-order valence-electron chi connectivity index (χ3n) is 1.86. The first-order valence-corrected chi connectivity index (χ1v) is 5.94. The standard InChI is InChI=1S/C10H13O4P/c1-9(7-8-14-15(11,12)13)10-5-3-2-4-6-10/h2-7H,8H2,1H3,(H2,11,12,13)/b9-7+. The summed E-state index contributed by atoms with van der Waals surface area (Å²) in [5.74, 6) is 0. The van der Waals surface area contributed by atoms with Gasteiger partial charge in [0.2, 0.25) is 0 Å². The summed E-state index contributed by atoms with van der Waals surface area (Å²) in [6.45, 7) is 1.77. The second-order valence-corrected chi connectivity index (χ2v) is 4.28. The normalized spacial score (nSPS) is 12.9. The van der Waals surface area contributed by atoms with Crippen LogP contribution in [0.5, 0.6) is 0 Å². The predicted octanol–water partition coefficient (Wildman–Crippen LogP) is 2.20. The zero-order valence-corrected chi connectivity index (χ0v) is 9.22. The maximum atomic E-state index is 10.4. The van der Waals surface area contributed by atoms with Crippen LogP contribution < -0.4 is 0 Å². The summed E-state index contributed by atoms with van der Waals surface area (Å²) in [6, 6.07) is 9.54. The lowest BCUT2D eigenvalue weighted by atomic mass is 10.1. The van der Waals surface area contributed by atoms with Gasteiger partial charge in [-0.05, 0) is 18.1 Å². The van der Waals surface area contributed by atoms with Crippen molar-refractivity contribution in [2.75, 3.05) is 6.61 Å². The Morgan fingerprint density at radius 3 is 2.53 bits per heavy atom. The van der Waals surface area contributed by atoms with Crippen molar-refractivity contribution in [1.29, 1.82) is 0 Å². The molecule has 5 heteroatoms. The highest BCUT2D eigenvalue weighted by Crippen LogP contribution is 2.35. The molecule has 0 saturated carbocycles. The van der Waals surface area contributed by atoms with Gasteiger partial charge in [0.15, 0.2) is 0 Å². The van der Waals surface area contributed by atoms with E-state index in [1.807, 2.05) is 37.3 Å². The molecular formula is C10H13O4P. The molecule has 2 N–H and O–H groups in total. The van der Waals surface area contributed by atoms with Gasteiger partial charge in [-0.3, -0.25) is 4.52 Å². The number of hydrogen-bond acceptors (Lipinski definition) is 2. The fourth-order valence-corrected chi connectivity index (χ4v) is 1.35. The lowest BCUT2D eigenvalue weighted by molar-refractivity contribution is 0.216. The van der Waals surface area contributed by atoms with Crippen LogP contribution in [-0.2, 0) is 9.09 Å². The van der Waals surface area contributed by atoms with E-state index >= 15 is 0 Å². The molecule has 0 spiro atoms. The monoisotopic (exact) mass is 228 g/mol. The molecule has 0 atom stereocenters. The van der Waals surface area contributed by atoms with Gasteiger partial charge >= 0.3 is 7.82 Å². The minimum absolute atomic E-state index is 0.0923. The molecule has 0 fully saturated rings. The third kappa shape index (κ3) is 4.91. The van der Waals surface area contributed by atoms with E-state index in [1.54, 1.807) is 6.08 Å². The lowest BCUT2D eigenvalue weighted by Gasteiger charge is -2.03. The largest absolute Gasteiger partial charge is 0.469 e. The third-order valence-corrected chi connectivity index (χ3v) is 2.35. The Kier molecular flexibility index (Phi) is 4.24. The lowest BCUT2D eigenvalue weighted by Crippen LogP contribution is -1.89. The summed E-state index contributed by atoms with van der Waals surface area (Å²) in [5.41, 5.74) is 1.93. The van der Waals surface area contributed by atoms with Crippen LogP contribution in [0.15, 0.2) is 36.4 Å². The smallest absolute Gasteiger partial charge is 0.303 e. The molecule has 4 nitrogen and oxygen atoms in total. The van der Waals surface area contributed by atoms with Crippen LogP contribution in [-0.4, -0.2) is 16.4 Å². The fraction of sp³-hybridized carbons (Fsp3) is 0.200. The minimum Gasteiger partial charge on any atom is -0.303 e. The van der Waals surface area contributed by atoms with E-state index in [9.17, 15) is 4.57 Å². The minimum atomic E-state index is -4.36. The first kappa shape index (κ1) is 12.1. The molecule has 0 aromatic heterocycles. The van der Waals surface area contributed by atoms with Crippen molar-refractivity contribution in [3.8, 4) is 0 Å². The van der Waals surface area contributed by atoms with Crippen LogP contribution >= 0.6 is 7.82 Å². The molecule has 0 bridgehead atoms. The number of rotatable bonds is 4. The summed E-state index contributed by atoms with van der Waals surface area (Å²) < 4.78 is 14.7. The summed E-state index contributed by atoms with van der Waals surface area (Å²) in [6.07, 6.45) is 1.63. The van der Waals surface area contributed by atoms with Gasteiger partial charge in [0.25, 0.3) is 0 Å². The van der Waals surface area contributed by atoms with Gasteiger partial charge in [-0.1, -0.05) is 36.4 Å². The summed E-state index contributed by atoms with van der Waals surface area (Å²) in [5, 5.41) is 0. The SMILES string of the molecule is C/C(=C\COP(=O)(O)O)c1ccccc1. The van der Waals surface area contributed by atoms with Crippen molar-refractivity contribution in [2.24, 2.45) is 0 Å². The van der Waals surface area contributed by atoms with E-state index in [-0.39, 0.29) is 6.61 Å². The van der Waals surface area contributed by atoms with Crippen molar-refractivity contribution >= 4 is 13.4 Å². The van der Waals surface area contributed by atoms with Crippen LogP contribution in [0.25, 0.3) is 5.57 Å². The quantitative estimate of drug-likeness (QED) is 0.775. The van der Waals surface area contributed by atoms with Gasteiger partial charge in [0.1, 0.15) is 0 Å². The zero-order chi connectivity index (χ0) is 11.3. The number of benzene rings is 1. The molecule has 0 heterocycles. The topological polar surface area (TPSA) is 66.8 Å². The molecule has 82 valence electrons. The van der Waals surface area contributed by atoms with E-state index in [1.165, 1.54) is 0 Å². The van der Waals surface area contributed by atoms with Crippen LogP contribution in [0.3, 0.4) is 0 Å². The van der Waals surface area contributed by atoms with Crippen molar-refractivity contribution in [3.63, 3.8) is 0 Å². The Balaban J connectivity index is 2.58. The summed E-state index contributed by atoms with van der Waals surface area (Å²) >= 11 is 0. The van der Waals surface area contributed by atoms with Crippen LogP contribution in [0.2, 0.25) is 0 Å². The Morgan fingerprint density at radius 2 is 2.00 bits per heavy atom. The first-order chi connectivity index (χ1) is 6.99. The molecule has 1 rings (SSSR count). The van der Waals surface area contributed by atoms with E-state index < -0.39 is 7.82 Å². The molecule has 0 aliphatic rings. The van der Waals surface area contributed by atoms with Gasteiger partial charge in [0, 0.05) is 0 Å². The van der Waals surface area contributed by atoms with Crippen molar-refractivity contribution in [3.05, 3.63) is 42.0 Å². The Morgan fingerprint density at radius 1 is 1.40 bits per heavy atom. The van der Waals surface area contributed by atoms with Crippen molar-refractivity contribution < 1.29 is 18.9 Å². The highest BCUT2D eigenvalue weighted by atomic mass is 31.2. The highest BCUT2D eigenvalue weighted by Gasteiger charge is 2.11. The number of phosphoric acid groups is 1. The van der Waals surface area contributed by atoms with Crippen molar-refractivity contribution in [1.82, 2.24) is 0 Å². The van der Waals surface area contributed by atoms with Gasteiger partial charge < -0.3 is 9.79 Å². The van der Waals surface area contributed by atoms with Crippen molar-refractivity contribution in [2.45, 2.75) is 6.92 Å². The Bertz CT molecular complexity index is 380. The van der Waals surface area contributed by atoms with Crippen LogP contribution in [0, 0.1) is 0 Å². The van der Waals surface area contributed by atoms with Gasteiger partial charge in [-0.25, -0.2) is 4.57 Å². The molecule has 0 unspecified atom stereocenters. The molecule has 15 heavy (non-hydrogen) atoms. The summed E-state index contributed by atoms with van der Waals surface area (Å²) in [4.78, 5) is 16.9. The molecule has 0 amide bonds. The van der Waals surface area contributed by atoms with Gasteiger partial charge in [0.05, 0.1) is 6.61 Å². The zero-order valence-electron chi connectivity index (χ0n) is 8.33. The number of allylic oxidation sites excluding steroid dienone is 1. The molecule has 1 aromatic carbocycles. The van der Waals surface area contributed by atoms with Gasteiger partial charge in [-0.2, -0.15) is 0 Å². The van der Waals surface area contributed by atoms with E-state index in [4.69, 9.17) is 9.79 Å². The number of hydrogen-bond donors (Lipinski definition) is 2. The molecule has 0 aliphatic heterocycles. The maximum absolute atomic E-state index is 10.4. The molecule has 0 radical (unpaired) electrons. The highest BCUT2D eigenvalue weighted by molar-refractivity contribution is 7.46. The van der Waals surface area contributed by atoms with E-state index in [0.29, 0.717) is 0 Å². The fourth-order valence-electron chi connectivity index (χ4n) is 1.08. The van der Waals surface area contributed by atoms with Crippen LogP contribution in [0.4, 0.5) is 0 Å². The average molecular weight is 228 g/mol. The second kappa shape index (κ2) is 5.24.